The summed E-state index contributed by atoms with van der Waals surface area (Å²) < 4.78 is 6.06. The van der Waals surface area contributed by atoms with Gasteiger partial charge in [0.05, 0.1) is 0 Å². The molecule has 1 aliphatic heterocycles. The van der Waals surface area contributed by atoms with Crippen molar-refractivity contribution in [3.63, 3.8) is 0 Å². The molecule has 1 aliphatic carbocycles. The lowest BCUT2D eigenvalue weighted by molar-refractivity contribution is 0.320. The zero-order valence-electron chi connectivity index (χ0n) is 11.1. The van der Waals surface area contributed by atoms with Crippen molar-refractivity contribution in [2.75, 3.05) is 0 Å². The average Bonchev–Trinajstić information content (AvgIpc) is 3.25. The van der Waals surface area contributed by atoms with E-state index >= 15 is 0 Å². The van der Waals surface area contributed by atoms with Crippen LogP contribution in [0.15, 0.2) is 85.0 Å². The first kappa shape index (κ1) is 11.7. The molecular formula is C19H16O. The van der Waals surface area contributed by atoms with Crippen LogP contribution in [0.4, 0.5) is 0 Å². The largest absolute Gasteiger partial charge is 0.356 e. The normalized spacial score (nSPS) is 26.6. The highest BCUT2D eigenvalue weighted by Gasteiger charge is 2.59. The monoisotopic (exact) mass is 260 g/mol. The van der Waals surface area contributed by atoms with Gasteiger partial charge in [-0.1, -0.05) is 78.9 Å². The van der Waals surface area contributed by atoms with E-state index in [0.717, 1.165) is 0 Å². The fourth-order valence-electron chi connectivity index (χ4n) is 3.21. The third-order valence-corrected chi connectivity index (χ3v) is 4.19. The fourth-order valence-corrected chi connectivity index (χ4v) is 3.21. The number of ether oxygens (including phenoxy) is 1. The van der Waals surface area contributed by atoms with Crippen molar-refractivity contribution in [2.24, 2.45) is 0 Å². The van der Waals surface area contributed by atoms with Crippen LogP contribution in [0.2, 0.25) is 0 Å². The highest BCUT2D eigenvalue weighted by molar-refractivity contribution is 5.46. The van der Waals surface area contributed by atoms with E-state index in [2.05, 4.69) is 85.0 Å². The minimum atomic E-state index is -0.197. The molecule has 2 unspecified atom stereocenters. The molecule has 2 aromatic carbocycles. The number of rotatable bonds is 3. The van der Waals surface area contributed by atoms with Gasteiger partial charge >= 0.3 is 0 Å². The van der Waals surface area contributed by atoms with E-state index in [1.54, 1.807) is 0 Å². The highest BCUT2D eigenvalue weighted by Crippen LogP contribution is 2.53. The minimum Gasteiger partial charge on any atom is -0.356 e. The quantitative estimate of drug-likeness (QED) is 0.757. The molecule has 2 atom stereocenters. The molecule has 2 aliphatic rings. The first-order valence-corrected chi connectivity index (χ1v) is 7.04. The number of allylic oxidation sites excluding steroid dienone is 2. The number of epoxide rings is 1. The van der Waals surface area contributed by atoms with Crippen molar-refractivity contribution in [3.8, 4) is 0 Å². The molecule has 0 amide bonds. The van der Waals surface area contributed by atoms with Crippen LogP contribution in [-0.4, -0.2) is 11.7 Å². The van der Waals surface area contributed by atoms with Gasteiger partial charge < -0.3 is 4.74 Å². The van der Waals surface area contributed by atoms with Gasteiger partial charge in [-0.05, 0) is 17.2 Å². The van der Waals surface area contributed by atoms with Crippen LogP contribution in [0.3, 0.4) is 0 Å². The van der Waals surface area contributed by atoms with Gasteiger partial charge in [-0.25, -0.2) is 0 Å². The van der Waals surface area contributed by atoms with Crippen LogP contribution in [0.1, 0.15) is 17.0 Å². The molecule has 0 aromatic heterocycles. The molecule has 2 aromatic rings. The minimum absolute atomic E-state index is 0.197. The third-order valence-electron chi connectivity index (χ3n) is 4.19. The molecule has 0 bridgehead atoms. The first-order valence-electron chi connectivity index (χ1n) is 7.04. The molecule has 4 rings (SSSR count). The van der Waals surface area contributed by atoms with Crippen LogP contribution in [0.25, 0.3) is 0 Å². The van der Waals surface area contributed by atoms with E-state index in [4.69, 9.17) is 4.74 Å². The second kappa shape index (κ2) is 4.46. The van der Waals surface area contributed by atoms with E-state index in [9.17, 15) is 0 Å². The van der Waals surface area contributed by atoms with E-state index in [-0.39, 0.29) is 17.6 Å². The van der Waals surface area contributed by atoms with E-state index in [0.29, 0.717) is 0 Å². The lowest BCUT2D eigenvalue weighted by atomic mass is 9.77. The Morgan fingerprint density at radius 3 is 1.95 bits per heavy atom. The number of hydrogen-bond acceptors (Lipinski definition) is 1. The highest BCUT2D eigenvalue weighted by atomic mass is 16.6. The van der Waals surface area contributed by atoms with Gasteiger partial charge in [0.25, 0.3) is 0 Å². The summed E-state index contributed by atoms with van der Waals surface area (Å²) in [5.74, 6) is 0.246. The Balaban J connectivity index is 1.83. The lowest BCUT2D eigenvalue weighted by Crippen LogP contribution is -2.24. The van der Waals surface area contributed by atoms with Gasteiger partial charge in [-0.3, -0.25) is 0 Å². The van der Waals surface area contributed by atoms with Crippen LogP contribution >= 0.6 is 0 Å². The standard InChI is InChI=1S/C19H16O/c1-3-9-15(10-4-1)18(16-11-5-2-6-12-16)19-14-8-7-13-17(19)20-19/h1-14,17-18H. The van der Waals surface area contributed by atoms with Crippen molar-refractivity contribution in [1.29, 1.82) is 0 Å². The van der Waals surface area contributed by atoms with Crippen LogP contribution in [-0.2, 0) is 4.74 Å². The molecule has 20 heavy (non-hydrogen) atoms. The first-order chi connectivity index (χ1) is 9.90. The summed E-state index contributed by atoms with van der Waals surface area (Å²) in [6.07, 6.45) is 8.74. The maximum absolute atomic E-state index is 6.06. The summed E-state index contributed by atoms with van der Waals surface area (Å²) in [7, 11) is 0. The summed E-state index contributed by atoms with van der Waals surface area (Å²) in [6.45, 7) is 0. The number of benzene rings is 2. The van der Waals surface area contributed by atoms with Gasteiger partial charge in [0.1, 0.15) is 11.7 Å². The van der Waals surface area contributed by atoms with Gasteiger partial charge in [0.2, 0.25) is 0 Å². The van der Waals surface area contributed by atoms with Crippen molar-refractivity contribution >= 4 is 0 Å². The number of fused-ring (bicyclic) bond motifs is 1. The molecule has 98 valence electrons. The van der Waals surface area contributed by atoms with E-state index < -0.39 is 0 Å². The summed E-state index contributed by atoms with van der Waals surface area (Å²) in [6, 6.07) is 21.3. The predicted molar refractivity (Wildman–Crippen MR) is 80.6 cm³/mol. The number of hydrogen-bond donors (Lipinski definition) is 0. The molecule has 1 fully saturated rings. The molecule has 1 heterocycles. The van der Waals surface area contributed by atoms with Gasteiger partial charge in [-0.15, -0.1) is 0 Å². The summed E-state index contributed by atoms with van der Waals surface area (Å²) in [4.78, 5) is 0. The van der Waals surface area contributed by atoms with Gasteiger partial charge in [-0.2, -0.15) is 0 Å². The van der Waals surface area contributed by atoms with Crippen molar-refractivity contribution in [2.45, 2.75) is 17.6 Å². The smallest absolute Gasteiger partial charge is 0.128 e. The van der Waals surface area contributed by atoms with Crippen LogP contribution in [0, 0.1) is 0 Å². The molecule has 1 nitrogen and oxygen atoms in total. The Labute approximate surface area is 119 Å². The average molecular weight is 260 g/mol. The second-order valence-corrected chi connectivity index (χ2v) is 5.39. The second-order valence-electron chi connectivity index (χ2n) is 5.39. The van der Waals surface area contributed by atoms with Gasteiger partial charge in [0.15, 0.2) is 0 Å². The maximum Gasteiger partial charge on any atom is 0.128 e. The summed E-state index contributed by atoms with van der Waals surface area (Å²) in [5, 5.41) is 0. The Morgan fingerprint density at radius 1 is 0.800 bits per heavy atom. The Morgan fingerprint density at radius 2 is 1.40 bits per heavy atom. The zero-order chi connectivity index (χ0) is 13.4. The Bertz CT molecular complexity index is 617. The van der Waals surface area contributed by atoms with Crippen molar-refractivity contribution < 1.29 is 4.74 Å². The SMILES string of the molecule is C1=CC2OC2(C(c2ccccc2)c2ccccc2)C=C1. The zero-order valence-corrected chi connectivity index (χ0v) is 11.1. The maximum atomic E-state index is 6.06. The molecule has 0 saturated carbocycles. The molecule has 0 spiro atoms. The fraction of sp³-hybridized carbons (Fsp3) is 0.158. The molecule has 0 radical (unpaired) electrons. The van der Waals surface area contributed by atoms with E-state index in [1.165, 1.54) is 11.1 Å². The summed E-state index contributed by atoms with van der Waals surface area (Å²) >= 11 is 0. The third kappa shape index (κ3) is 1.75. The van der Waals surface area contributed by atoms with Gasteiger partial charge in [0, 0.05) is 5.92 Å². The van der Waals surface area contributed by atoms with Crippen LogP contribution in [0.5, 0.6) is 0 Å². The molecular weight excluding hydrogens is 244 g/mol. The van der Waals surface area contributed by atoms with Crippen molar-refractivity contribution in [3.05, 3.63) is 96.1 Å². The molecule has 1 saturated heterocycles. The predicted octanol–water partition coefficient (Wildman–Crippen LogP) is 4.08. The topological polar surface area (TPSA) is 12.5 Å². The lowest BCUT2D eigenvalue weighted by Gasteiger charge is -2.24. The Hall–Kier alpha value is -2.12. The van der Waals surface area contributed by atoms with Crippen LogP contribution < -0.4 is 0 Å². The summed E-state index contributed by atoms with van der Waals surface area (Å²) in [5.41, 5.74) is 2.42. The Kier molecular flexibility index (Phi) is 2.61. The molecule has 1 heteroatoms. The van der Waals surface area contributed by atoms with E-state index in [1.807, 2.05) is 0 Å². The molecule has 0 N–H and O–H groups in total. The van der Waals surface area contributed by atoms with Crippen molar-refractivity contribution in [1.82, 2.24) is 0 Å².